The number of nitrogens with one attached hydrogen (secondary N) is 1. The second-order valence-corrected chi connectivity index (χ2v) is 5.90. The number of benzene rings is 1. The number of amides is 1. The quantitative estimate of drug-likeness (QED) is 0.886. The Balaban J connectivity index is 2.22. The molecule has 3 heteroatoms. The Kier molecular flexibility index (Phi) is 4.23. The highest BCUT2D eigenvalue weighted by Crippen LogP contribution is 2.41. The Labute approximate surface area is 114 Å². The topological polar surface area (TPSA) is 29.1 Å². The van der Waals surface area contributed by atoms with Gasteiger partial charge in [-0.15, -0.1) is 0 Å². The summed E-state index contributed by atoms with van der Waals surface area (Å²) in [6.07, 6.45) is 3.85. The fraction of sp³-hybridized carbons (Fsp3) is 0.562. The van der Waals surface area contributed by atoms with Crippen LogP contribution >= 0.6 is 0 Å². The summed E-state index contributed by atoms with van der Waals surface area (Å²) in [5.41, 5.74) is 0.510. The molecule has 1 saturated carbocycles. The lowest BCUT2D eigenvalue weighted by atomic mass is 9.78. The third kappa shape index (κ3) is 2.96. The lowest BCUT2D eigenvalue weighted by molar-refractivity contribution is -0.126. The number of rotatable bonds is 4. The molecule has 1 amide bonds. The molecule has 1 aliphatic rings. The predicted molar refractivity (Wildman–Crippen MR) is 74.4 cm³/mol. The van der Waals surface area contributed by atoms with Gasteiger partial charge in [-0.05, 0) is 36.5 Å². The van der Waals surface area contributed by atoms with Crippen molar-refractivity contribution in [1.82, 2.24) is 5.32 Å². The van der Waals surface area contributed by atoms with Crippen molar-refractivity contribution in [2.45, 2.75) is 44.9 Å². The van der Waals surface area contributed by atoms with Gasteiger partial charge in [-0.1, -0.05) is 38.8 Å². The fourth-order valence-corrected chi connectivity index (χ4v) is 2.86. The molecule has 104 valence electrons. The first-order chi connectivity index (χ1) is 9.04. The van der Waals surface area contributed by atoms with Gasteiger partial charge in [0.15, 0.2) is 0 Å². The van der Waals surface area contributed by atoms with Gasteiger partial charge in [0.05, 0.1) is 5.41 Å². The van der Waals surface area contributed by atoms with Gasteiger partial charge >= 0.3 is 0 Å². The van der Waals surface area contributed by atoms with Gasteiger partial charge < -0.3 is 5.32 Å². The Hall–Kier alpha value is -1.38. The summed E-state index contributed by atoms with van der Waals surface area (Å²) in [5.74, 6) is 0.292. The smallest absolute Gasteiger partial charge is 0.230 e. The summed E-state index contributed by atoms with van der Waals surface area (Å²) in [6.45, 7) is 4.86. The molecule has 2 nitrogen and oxygen atoms in total. The van der Waals surface area contributed by atoms with Gasteiger partial charge in [0, 0.05) is 6.54 Å². The maximum Gasteiger partial charge on any atom is 0.230 e. The summed E-state index contributed by atoms with van der Waals surface area (Å²) in [4.78, 5) is 12.6. The Bertz CT molecular complexity index is 433. The molecule has 2 rings (SSSR count). The Morgan fingerprint density at radius 2 is 1.84 bits per heavy atom. The lowest BCUT2D eigenvalue weighted by Gasteiger charge is -2.28. The van der Waals surface area contributed by atoms with Crippen molar-refractivity contribution in [2.24, 2.45) is 5.92 Å². The van der Waals surface area contributed by atoms with E-state index in [1.807, 2.05) is 0 Å². The molecule has 1 fully saturated rings. The number of halogens is 1. The summed E-state index contributed by atoms with van der Waals surface area (Å²) < 4.78 is 13.1. The molecule has 0 saturated heterocycles. The van der Waals surface area contributed by atoms with Crippen molar-refractivity contribution in [3.8, 4) is 0 Å². The van der Waals surface area contributed by atoms with E-state index in [0.717, 1.165) is 31.2 Å². The number of carbonyl (C=O) groups excluding carboxylic acids is 1. The highest BCUT2D eigenvalue weighted by atomic mass is 19.1. The standard InChI is InChI=1S/C16H22FNO/c1-12(2)11-18-15(19)16(9-3-4-10-16)13-5-7-14(17)8-6-13/h5-8,12H,3-4,9-11H2,1-2H3,(H,18,19). The van der Waals surface area contributed by atoms with Crippen LogP contribution in [0.25, 0.3) is 0 Å². The van der Waals surface area contributed by atoms with Gasteiger partial charge in [0.25, 0.3) is 0 Å². The minimum absolute atomic E-state index is 0.102. The van der Waals surface area contributed by atoms with Crippen LogP contribution in [0, 0.1) is 11.7 Å². The number of hydrogen-bond donors (Lipinski definition) is 1. The van der Waals surface area contributed by atoms with Crippen LogP contribution in [0.4, 0.5) is 4.39 Å². The third-order valence-electron chi connectivity index (χ3n) is 3.96. The molecule has 0 radical (unpaired) electrons. The molecule has 0 spiro atoms. The maximum atomic E-state index is 13.1. The minimum Gasteiger partial charge on any atom is -0.355 e. The van der Waals surface area contributed by atoms with E-state index in [0.29, 0.717) is 12.5 Å². The van der Waals surface area contributed by atoms with E-state index in [9.17, 15) is 9.18 Å². The third-order valence-corrected chi connectivity index (χ3v) is 3.96. The lowest BCUT2D eigenvalue weighted by Crippen LogP contribution is -2.43. The molecule has 1 aromatic carbocycles. The van der Waals surface area contributed by atoms with Crippen molar-refractivity contribution in [1.29, 1.82) is 0 Å². The molecule has 1 aliphatic carbocycles. The minimum atomic E-state index is -0.442. The SMILES string of the molecule is CC(C)CNC(=O)C1(c2ccc(F)cc2)CCCC1. The summed E-state index contributed by atoms with van der Waals surface area (Å²) in [7, 11) is 0. The molecule has 0 aromatic heterocycles. The van der Waals surface area contributed by atoms with E-state index in [1.54, 1.807) is 12.1 Å². The first-order valence-electron chi connectivity index (χ1n) is 7.09. The van der Waals surface area contributed by atoms with Crippen LogP contribution in [0.2, 0.25) is 0 Å². The predicted octanol–water partition coefficient (Wildman–Crippen LogP) is 3.41. The highest BCUT2D eigenvalue weighted by molar-refractivity contribution is 5.88. The normalized spacial score (nSPS) is 17.7. The van der Waals surface area contributed by atoms with Crippen molar-refractivity contribution in [3.05, 3.63) is 35.6 Å². The molecule has 1 N–H and O–H groups in total. The van der Waals surface area contributed by atoms with Gasteiger partial charge in [0.2, 0.25) is 5.91 Å². The molecular weight excluding hydrogens is 241 g/mol. The van der Waals surface area contributed by atoms with E-state index in [1.165, 1.54) is 12.1 Å². The molecule has 0 atom stereocenters. The van der Waals surface area contributed by atoms with Crippen molar-refractivity contribution in [3.63, 3.8) is 0 Å². The second kappa shape index (κ2) is 5.72. The zero-order chi connectivity index (χ0) is 13.9. The summed E-state index contributed by atoms with van der Waals surface area (Å²) >= 11 is 0. The van der Waals surface area contributed by atoms with Gasteiger partial charge in [0.1, 0.15) is 5.82 Å². The van der Waals surface area contributed by atoms with E-state index in [-0.39, 0.29) is 11.7 Å². The van der Waals surface area contributed by atoms with E-state index in [2.05, 4.69) is 19.2 Å². The van der Waals surface area contributed by atoms with Gasteiger partial charge in [-0.25, -0.2) is 4.39 Å². The van der Waals surface area contributed by atoms with E-state index in [4.69, 9.17) is 0 Å². The zero-order valence-corrected chi connectivity index (χ0v) is 11.7. The van der Waals surface area contributed by atoms with Crippen LogP contribution < -0.4 is 5.32 Å². The molecule has 1 aromatic rings. The van der Waals surface area contributed by atoms with Crippen LogP contribution in [-0.4, -0.2) is 12.5 Å². The first kappa shape index (κ1) is 14.0. The Morgan fingerprint density at radius 3 is 2.37 bits per heavy atom. The number of hydrogen-bond acceptors (Lipinski definition) is 1. The maximum absolute atomic E-state index is 13.1. The van der Waals surface area contributed by atoms with Crippen molar-refractivity contribution in [2.75, 3.05) is 6.54 Å². The van der Waals surface area contributed by atoms with E-state index >= 15 is 0 Å². The first-order valence-corrected chi connectivity index (χ1v) is 7.09. The van der Waals surface area contributed by atoms with Crippen LogP contribution in [0.3, 0.4) is 0 Å². The molecule has 0 unspecified atom stereocenters. The van der Waals surface area contributed by atoms with Crippen LogP contribution in [0.5, 0.6) is 0 Å². The van der Waals surface area contributed by atoms with Gasteiger partial charge in [-0.2, -0.15) is 0 Å². The Morgan fingerprint density at radius 1 is 1.26 bits per heavy atom. The van der Waals surface area contributed by atoms with Gasteiger partial charge in [-0.3, -0.25) is 4.79 Å². The monoisotopic (exact) mass is 263 g/mol. The van der Waals surface area contributed by atoms with Crippen molar-refractivity contribution >= 4 is 5.91 Å². The average Bonchev–Trinajstić information content (AvgIpc) is 2.87. The molecule has 19 heavy (non-hydrogen) atoms. The highest BCUT2D eigenvalue weighted by Gasteiger charge is 2.42. The second-order valence-electron chi connectivity index (χ2n) is 5.90. The van der Waals surface area contributed by atoms with Crippen LogP contribution in [-0.2, 0) is 10.2 Å². The number of carbonyl (C=O) groups is 1. The van der Waals surface area contributed by atoms with E-state index < -0.39 is 5.41 Å². The fourth-order valence-electron chi connectivity index (χ4n) is 2.86. The largest absolute Gasteiger partial charge is 0.355 e. The molecule has 0 bridgehead atoms. The van der Waals surface area contributed by atoms with Crippen LogP contribution in [0.15, 0.2) is 24.3 Å². The zero-order valence-electron chi connectivity index (χ0n) is 11.7. The summed E-state index contributed by atoms with van der Waals surface area (Å²) in [5, 5.41) is 3.05. The molecular formula is C16H22FNO. The summed E-state index contributed by atoms with van der Waals surface area (Å²) in [6, 6.07) is 6.42. The van der Waals surface area contributed by atoms with Crippen molar-refractivity contribution < 1.29 is 9.18 Å². The van der Waals surface area contributed by atoms with Crippen LogP contribution in [0.1, 0.15) is 45.1 Å². The average molecular weight is 263 g/mol. The molecule has 0 heterocycles. The molecule has 0 aliphatic heterocycles.